The van der Waals surface area contributed by atoms with Crippen molar-refractivity contribution >= 4 is 10.9 Å². The number of benzene rings is 2. The van der Waals surface area contributed by atoms with E-state index in [0.29, 0.717) is 6.54 Å². The normalized spacial score (nSPS) is 10.8. The predicted molar refractivity (Wildman–Crippen MR) is 80.0 cm³/mol. The number of aromatic nitrogens is 1. The number of aryl methyl sites for hydroxylation is 2. The quantitative estimate of drug-likeness (QED) is 0.791. The lowest BCUT2D eigenvalue weighted by Gasteiger charge is -2.11. The maximum atomic E-state index is 12.1. The number of para-hydroxylation sites is 1. The van der Waals surface area contributed by atoms with Crippen molar-refractivity contribution in [3.63, 3.8) is 0 Å². The first kappa shape index (κ1) is 12.5. The van der Waals surface area contributed by atoms with Crippen LogP contribution in [0.3, 0.4) is 0 Å². The third-order valence-electron chi connectivity index (χ3n) is 3.45. The minimum atomic E-state index is -0.334. The van der Waals surface area contributed by atoms with Crippen molar-refractivity contribution in [2.75, 3.05) is 0 Å². The molecule has 0 atom stereocenters. The Labute approximate surface area is 116 Å². The molecule has 0 unspecified atom stereocenters. The number of hydrogen-bond acceptors (Lipinski definition) is 2. The summed E-state index contributed by atoms with van der Waals surface area (Å²) in [5.74, 6) is -0.197. The molecular formula is C17H15NO2. The van der Waals surface area contributed by atoms with Gasteiger partial charge in [-0.15, -0.1) is 0 Å². The summed E-state index contributed by atoms with van der Waals surface area (Å²) in [6.45, 7) is 0.553. The second-order valence-corrected chi connectivity index (χ2v) is 4.78. The Hall–Kier alpha value is -2.55. The van der Waals surface area contributed by atoms with Crippen molar-refractivity contribution in [2.45, 2.75) is 13.0 Å². The third kappa shape index (κ3) is 2.30. The zero-order chi connectivity index (χ0) is 13.9. The van der Waals surface area contributed by atoms with Crippen LogP contribution in [0.15, 0.2) is 65.5 Å². The molecule has 0 bridgehead atoms. The van der Waals surface area contributed by atoms with E-state index in [1.165, 1.54) is 11.6 Å². The van der Waals surface area contributed by atoms with Crippen molar-refractivity contribution < 1.29 is 5.11 Å². The summed E-state index contributed by atoms with van der Waals surface area (Å²) in [4.78, 5) is 12.1. The molecule has 100 valence electrons. The second-order valence-electron chi connectivity index (χ2n) is 4.78. The van der Waals surface area contributed by atoms with Gasteiger partial charge in [0.25, 0.3) is 5.56 Å². The molecule has 1 heterocycles. The Morgan fingerprint density at radius 2 is 1.65 bits per heavy atom. The summed E-state index contributed by atoms with van der Waals surface area (Å²) in [7, 11) is 0. The average Bonchev–Trinajstić information content (AvgIpc) is 2.49. The van der Waals surface area contributed by atoms with E-state index in [4.69, 9.17) is 0 Å². The number of aromatic hydroxyl groups is 1. The van der Waals surface area contributed by atoms with Crippen LogP contribution in [0.4, 0.5) is 0 Å². The molecule has 3 aromatic rings. The molecule has 3 nitrogen and oxygen atoms in total. The Bertz CT molecular complexity index is 791. The van der Waals surface area contributed by atoms with Gasteiger partial charge in [0, 0.05) is 11.9 Å². The SMILES string of the molecule is O=c1c(O)cc2ccccc2n1CCc1ccccc1. The molecule has 20 heavy (non-hydrogen) atoms. The van der Waals surface area contributed by atoms with E-state index in [0.717, 1.165) is 17.3 Å². The van der Waals surface area contributed by atoms with Gasteiger partial charge in [-0.2, -0.15) is 0 Å². The van der Waals surface area contributed by atoms with Gasteiger partial charge in [-0.25, -0.2) is 0 Å². The summed E-state index contributed by atoms with van der Waals surface area (Å²) >= 11 is 0. The van der Waals surface area contributed by atoms with E-state index in [1.54, 1.807) is 4.57 Å². The molecule has 2 aromatic carbocycles. The molecule has 3 heteroatoms. The Kier molecular flexibility index (Phi) is 3.25. The fraction of sp³-hybridized carbons (Fsp3) is 0.118. The summed E-state index contributed by atoms with van der Waals surface area (Å²) in [6, 6.07) is 19.1. The first-order valence-electron chi connectivity index (χ1n) is 6.61. The van der Waals surface area contributed by atoms with Gasteiger partial charge in [0.1, 0.15) is 0 Å². The summed E-state index contributed by atoms with van der Waals surface area (Å²) < 4.78 is 1.64. The van der Waals surface area contributed by atoms with Gasteiger partial charge in [0.05, 0.1) is 5.52 Å². The molecule has 3 rings (SSSR count). The van der Waals surface area contributed by atoms with Crippen molar-refractivity contribution in [3.05, 3.63) is 76.6 Å². The Balaban J connectivity index is 2.02. The Morgan fingerprint density at radius 3 is 2.45 bits per heavy atom. The smallest absolute Gasteiger partial charge is 0.293 e. The molecule has 1 N–H and O–H groups in total. The van der Waals surface area contributed by atoms with E-state index >= 15 is 0 Å². The van der Waals surface area contributed by atoms with Crippen molar-refractivity contribution in [1.29, 1.82) is 0 Å². The minimum absolute atomic E-state index is 0.197. The van der Waals surface area contributed by atoms with Crippen LogP contribution in [0, 0.1) is 0 Å². The molecule has 0 saturated heterocycles. The van der Waals surface area contributed by atoms with Gasteiger partial charge >= 0.3 is 0 Å². The predicted octanol–water partition coefficient (Wildman–Crippen LogP) is 2.95. The van der Waals surface area contributed by atoms with Crippen LogP contribution in [-0.2, 0) is 13.0 Å². The van der Waals surface area contributed by atoms with Gasteiger partial charge in [0.15, 0.2) is 5.75 Å². The van der Waals surface area contributed by atoms with E-state index in [9.17, 15) is 9.90 Å². The van der Waals surface area contributed by atoms with Crippen LogP contribution in [-0.4, -0.2) is 9.67 Å². The first-order chi connectivity index (χ1) is 9.75. The average molecular weight is 265 g/mol. The zero-order valence-corrected chi connectivity index (χ0v) is 11.0. The number of rotatable bonds is 3. The van der Waals surface area contributed by atoms with Gasteiger partial charge in [0.2, 0.25) is 0 Å². The fourth-order valence-electron chi connectivity index (χ4n) is 2.42. The van der Waals surface area contributed by atoms with Crippen molar-refractivity contribution in [3.8, 4) is 5.75 Å². The number of hydrogen-bond donors (Lipinski definition) is 1. The minimum Gasteiger partial charge on any atom is -0.503 e. The van der Waals surface area contributed by atoms with Gasteiger partial charge in [-0.1, -0.05) is 48.5 Å². The number of nitrogens with zero attached hydrogens (tertiary/aromatic N) is 1. The Morgan fingerprint density at radius 1 is 0.950 bits per heavy atom. The second kappa shape index (κ2) is 5.21. The molecule has 0 aliphatic rings. The maximum Gasteiger partial charge on any atom is 0.293 e. The van der Waals surface area contributed by atoms with Crippen LogP contribution < -0.4 is 5.56 Å². The molecule has 0 fully saturated rings. The third-order valence-corrected chi connectivity index (χ3v) is 3.45. The fourth-order valence-corrected chi connectivity index (χ4v) is 2.42. The van der Waals surface area contributed by atoms with Crippen LogP contribution in [0.25, 0.3) is 10.9 Å². The molecular weight excluding hydrogens is 250 g/mol. The monoisotopic (exact) mass is 265 g/mol. The van der Waals surface area contributed by atoms with Gasteiger partial charge in [-0.3, -0.25) is 4.79 Å². The van der Waals surface area contributed by atoms with E-state index < -0.39 is 0 Å². The van der Waals surface area contributed by atoms with Crippen LogP contribution >= 0.6 is 0 Å². The lowest BCUT2D eigenvalue weighted by atomic mass is 10.1. The maximum absolute atomic E-state index is 12.1. The van der Waals surface area contributed by atoms with Crippen LogP contribution in [0.2, 0.25) is 0 Å². The highest BCUT2D eigenvalue weighted by molar-refractivity contribution is 5.80. The van der Waals surface area contributed by atoms with Crippen molar-refractivity contribution in [2.24, 2.45) is 0 Å². The molecule has 0 spiro atoms. The van der Waals surface area contributed by atoms with Gasteiger partial charge < -0.3 is 9.67 Å². The van der Waals surface area contributed by atoms with Crippen LogP contribution in [0.5, 0.6) is 5.75 Å². The zero-order valence-electron chi connectivity index (χ0n) is 11.0. The summed E-state index contributed by atoms with van der Waals surface area (Å²) in [6.07, 6.45) is 0.758. The molecule has 0 amide bonds. The largest absolute Gasteiger partial charge is 0.503 e. The lowest BCUT2D eigenvalue weighted by molar-refractivity contribution is 0.459. The number of pyridine rings is 1. The topological polar surface area (TPSA) is 42.2 Å². The van der Waals surface area contributed by atoms with E-state index in [1.807, 2.05) is 54.6 Å². The lowest BCUT2D eigenvalue weighted by Crippen LogP contribution is -2.21. The highest BCUT2D eigenvalue weighted by Crippen LogP contribution is 2.16. The molecule has 0 radical (unpaired) electrons. The van der Waals surface area contributed by atoms with Crippen LogP contribution in [0.1, 0.15) is 5.56 Å². The summed E-state index contributed by atoms with van der Waals surface area (Å²) in [5, 5.41) is 10.6. The van der Waals surface area contributed by atoms with Crippen molar-refractivity contribution in [1.82, 2.24) is 4.57 Å². The molecule has 0 aliphatic carbocycles. The molecule has 1 aromatic heterocycles. The highest BCUT2D eigenvalue weighted by atomic mass is 16.3. The summed E-state index contributed by atoms with van der Waals surface area (Å²) in [5.41, 5.74) is 1.69. The van der Waals surface area contributed by atoms with E-state index in [-0.39, 0.29) is 11.3 Å². The number of fused-ring (bicyclic) bond motifs is 1. The first-order valence-corrected chi connectivity index (χ1v) is 6.61. The highest BCUT2D eigenvalue weighted by Gasteiger charge is 2.07. The molecule has 0 saturated carbocycles. The van der Waals surface area contributed by atoms with E-state index in [2.05, 4.69) is 0 Å². The standard InChI is InChI=1S/C17H15NO2/c19-16-12-14-8-4-5-9-15(14)18(17(16)20)11-10-13-6-2-1-3-7-13/h1-9,12,19H,10-11H2. The molecule has 0 aliphatic heterocycles. The van der Waals surface area contributed by atoms with Gasteiger partial charge in [-0.05, 0) is 24.1 Å².